The molecule has 1 aromatic carbocycles. The van der Waals surface area contributed by atoms with Crippen LogP contribution in [0, 0.1) is 6.92 Å². The second-order valence-corrected chi connectivity index (χ2v) is 4.53. The number of aromatic amines is 1. The summed E-state index contributed by atoms with van der Waals surface area (Å²) in [5.41, 5.74) is 10.2. The van der Waals surface area contributed by atoms with Crippen LogP contribution in [0.15, 0.2) is 39.6 Å². The molecule has 0 unspecified atom stereocenters. The number of fused-ring (bicyclic) bond motifs is 2. The van der Waals surface area contributed by atoms with Gasteiger partial charge in [0, 0.05) is 22.4 Å². The molecule has 0 fully saturated rings. The summed E-state index contributed by atoms with van der Waals surface area (Å²) in [4.78, 5) is 0. The van der Waals surface area contributed by atoms with Crippen molar-refractivity contribution in [3.63, 3.8) is 0 Å². The second-order valence-electron chi connectivity index (χ2n) is 4.53. The Labute approximate surface area is 108 Å². The van der Waals surface area contributed by atoms with Crippen molar-refractivity contribution >= 4 is 27.8 Å². The third-order valence-electron chi connectivity index (χ3n) is 3.44. The number of aryl methyl sites for hydroxylation is 1. The van der Waals surface area contributed by atoms with Gasteiger partial charge in [0.1, 0.15) is 17.0 Å². The van der Waals surface area contributed by atoms with Crippen molar-refractivity contribution in [3.05, 3.63) is 36.3 Å². The maximum Gasteiger partial charge on any atom is 0.145 e. The smallest absolute Gasteiger partial charge is 0.145 e. The number of benzene rings is 1. The van der Waals surface area contributed by atoms with Gasteiger partial charge in [0.15, 0.2) is 0 Å². The van der Waals surface area contributed by atoms with Crippen LogP contribution in [-0.4, -0.2) is 10.2 Å². The van der Waals surface area contributed by atoms with Gasteiger partial charge in [-0.05, 0) is 19.1 Å². The highest BCUT2D eigenvalue weighted by Crippen LogP contribution is 2.39. The van der Waals surface area contributed by atoms with E-state index in [1.807, 2.05) is 19.1 Å². The van der Waals surface area contributed by atoms with Gasteiger partial charge in [-0.25, -0.2) is 0 Å². The molecule has 4 rings (SSSR count). The zero-order chi connectivity index (χ0) is 13.0. The van der Waals surface area contributed by atoms with Gasteiger partial charge in [-0.1, -0.05) is 0 Å². The largest absolute Gasteiger partial charge is 0.464 e. The molecule has 0 saturated carbocycles. The molecule has 4 aromatic rings. The average molecular weight is 253 g/mol. The van der Waals surface area contributed by atoms with Crippen molar-refractivity contribution in [2.75, 3.05) is 5.73 Å². The quantitative estimate of drug-likeness (QED) is 0.544. The van der Waals surface area contributed by atoms with Crippen molar-refractivity contribution in [2.24, 2.45) is 0 Å². The highest BCUT2D eigenvalue weighted by atomic mass is 16.3. The summed E-state index contributed by atoms with van der Waals surface area (Å²) in [7, 11) is 0. The Morgan fingerprint density at radius 3 is 2.58 bits per heavy atom. The SMILES string of the molecule is Cc1c2ccoc2c(-c2cc(N)n[nH]2)c2ccoc12. The molecule has 3 N–H and O–H groups in total. The van der Waals surface area contributed by atoms with E-state index in [0.29, 0.717) is 5.82 Å². The van der Waals surface area contributed by atoms with Crippen LogP contribution >= 0.6 is 0 Å². The van der Waals surface area contributed by atoms with Crippen LogP contribution in [-0.2, 0) is 0 Å². The van der Waals surface area contributed by atoms with E-state index in [-0.39, 0.29) is 0 Å². The first-order valence-corrected chi connectivity index (χ1v) is 5.94. The third kappa shape index (κ3) is 1.26. The number of hydrogen-bond acceptors (Lipinski definition) is 4. The minimum Gasteiger partial charge on any atom is -0.464 e. The van der Waals surface area contributed by atoms with E-state index in [4.69, 9.17) is 14.6 Å². The monoisotopic (exact) mass is 253 g/mol. The first-order valence-electron chi connectivity index (χ1n) is 5.94. The first-order chi connectivity index (χ1) is 9.25. The Morgan fingerprint density at radius 1 is 1.11 bits per heavy atom. The van der Waals surface area contributed by atoms with E-state index in [1.165, 1.54) is 0 Å². The zero-order valence-corrected chi connectivity index (χ0v) is 10.2. The topological polar surface area (TPSA) is 81.0 Å². The molecule has 3 heterocycles. The van der Waals surface area contributed by atoms with Crippen LogP contribution < -0.4 is 5.73 Å². The summed E-state index contributed by atoms with van der Waals surface area (Å²) < 4.78 is 11.2. The number of furan rings is 2. The lowest BCUT2D eigenvalue weighted by Gasteiger charge is -2.04. The first kappa shape index (κ1) is 10.3. The molecule has 3 aromatic heterocycles. The van der Waals surface area contributed by atoms with Crippen LogP contribution in [0.25, 0.3) is 33.2 Å². The van der Waals surface area contributed by atoms with Crippen molar-refractivity contribution in [2.45, 2.75) is 6.92 Å². The number of nitrogens with two attached hydrogens (primary N) is 1. The van der Waals surface area contributed by atoms with Gasteiger partial charge in [0.25, 0.3) is 0 Å². The number of nitrogens with zero attached hydrogens (tertiary/aromatic N) is 1. The summed E-state index contributed by atoms with van der Waals surface area (Å²) in [5, 5.41) is 8.93. The Morgan fingerprint density at radius 2 is 1.84 bits per heavy atom. The molecule has 0 bridgehead atoms. The number of aromatic nitrogens is 2. The van der Waals surface area contributed by atoms with Crippen LogP contribution in [0.4, 0.5) is 5.82 Å². The normalized spacial score (nSPS) is 11.6. The van der Waals surface area contributed by atoms with Gasteiger partial charge in [0.2, 0.25) is 0 Å². The van der Waals surface area contributed by atoms with Crippen LogP contribution in [0.3, 0.4) is 0 Å². The molecule has 0 radical (unpaired) electrons. The molecular formula is C14H11N3O2. The highest BCUT2D eigenvalue weighted by Gasteiger charge is 2.18. The molecule has 0 atom stereocenters. The number of anilines is 1. The minimum absolute atomic E-state index is 0.451. The maximum atomic E-state index is 5.69. The van der Waals surface area contributed by atoms with Gasteiger partial charge in [0.05, 0.1) is 23.8 Å². The van der Waals surface area contributed by atoms with Gasteiger partial charge in [-0.3, -0.25) is 5.10 Å². The van der Waals surface area contributed by atoms with Crippen molar-refractivity contribution in [1.82, 2.24) is 10.2 Å². The number of hydrogen-bond donors (Lipinski definition) is 2. The highest BCUT2D eigenvalue weighted by molar-refractivity contribution is 6.10. The van der Waals surface area contributed by atoms with E-state index in [9.17, 15) is 0 Å². The molecule has 0 aliphatic heterocycles. The molecule has 5 heteroatoms. The maximum absolute atomic E-state index is 5.69. The summed E-state index contributed by atoms with van der Waals surface area (Å²) in [6, 6.07) is 5.66. The number of rotatable bonds is 1. The number of nitrogen functional groups attached to an aromatic ring is 1. The second kappa shape index (κ2) is 3.41. The van der Waals surface area contributed by atoms with E-state index in [1.54, 1.807) is 18.6 Å². The van der Waals surface area contributed by atoms with Crippen molar-refractivity contribution in [3.8, 4) is 11.3 Å². The standard InChI is InChI=1S/C14H11N3O2/c1-7-8-2-4-19-14(8)12(9-3-5-18-13(7)9)10-6-11(15)17-16-10/h2-6H,1H3,(H3,15,16,17). The fourth-order valence-electron chi connectivity index (χ4n) is 2.57. The molecule has 0 spiro atoms. The molecule has 94 valence electrons. The Kier molecular flexibility index (Phi) is 1.84. The van der Waals surface area contributed by atoms with Crippen LogP contribution in [0.5, 0.6) is 0 Å². The summed E-state index contributed by atoms with van der Waals surface area (Å²) >= 11 is 0. The molecule has 0 aliphatic carbocycles. The number of nitrogens with one attached hydrogen (secondary N) is 1. The van der Waals surface area contributed by atoms with E-state index in [2.05, 4.69) is 10.2 Å². The van der Waals surface area contributed by atoms with Crippen LogP contribution in [0.2, 0.25) is 0 Å². The van der Waals surface area contributed by atoms with Crippen LogP contribution in [0.1, 0.15) is 5.56 Å². The van der Waals surface area contributed by atoms with Gasteiger partial charge in [-0.15, -0.1) is 0 Å². The lowest BCUT2D eigenvalue weighted by Crippen LogP contribution is -1.84. The third-order valence-corrected chi connectivity index (χ3v) is 3.44. The van der Waals surface area contributed by atoms with Gasteiger partial charge < -0.3 is 14.6 Å². The molecule has 5 nitrogen and oxygen atoms in total. The Bertz CT molecular complexity index is 846. The average Bonchev–Trinajstić information content (AvgIpc) is 3.09. The fraction of sp³-hybridized carbons (Fsp3) is 0.0714. The Balaban J connectivity index is 2.24. The van der Waals surface area contributed by atoms with Crippen molar-refractivity contribution in [1.29, 1.82) is 0 Å². The lowest BCUT2D eigenvalue weighted by molar-refractivity contribution is 0.611. The van der Waals surface area contributed by atoms with E-state index < -0.39 is 0 Å². The van der Waals surface area contributed by atoms with E-state index in [0.717, 1.165) is 38.8 Å². The van der Waals surface area contributed by atoms with Gasteiger partial charge in [-0.2, -0.15) is 5.10 Å². The molecule has 0 saturated heterocycles. The Hall–Kier alpha value is -2.69. The predicted octanol–water partition coefficient (Wildman–Crippen LogP) is 3.46. The molecule has 0 amide bonds. The van der Waals surface area contributed by atoms with Gasteiger partial charge >= 0.3 is 0 Å². The molecule has 0 aliphatic rings. The predicted molar refractivity (Wildman–Crippen MR) is 72.7 cm³/mol. The molecular weight excluding hydrogens is 242 g/mol. The summed E-state index contributed by atoms with van der Waals surface area (Å²) in [5.74, 6) is 0.451. The zero-order valence-electron chi connectivity index (χ0n) is 10.2. The molecule has 19 heavy (non-hydrogen) atoms. The lowest BCUT2D eigenvalue weighted by atomic mass is 10.0. The minimum atomic E-state index is 0.451. The fourth-order valence-corrected chi connectivity index (χ4v) is 2.57. The number of H-pyrrole nitrogens is 1. The van der Waals surface area contributed by atoms with E-state index >= 15 is 0 Å². The van der Waals surface area contributed by atoms with Crippen molar-refractivity contribution < 1.29 is 8.83 Å². The summed E-state index contributed by atoms with van der Waals surface area (Å²) in [6.07, 6.45) is 3.36. The summed E-state index contributed by atoms with van der Waals surface area (Å²) in [6.45, 7) is 2.02.